The van der Waals surface area contributed by atoms with E-state index in [1.54, 1.807) is 0 Å². The summed E-state index contributed by atoms with van der Waals surface area (Å²) in [6, 6.07) is 0.662. The predicted octanol–water partition coefficient (Wildman–Crippen LogP) is 3.75. The Morgan fingerprint density at radius 1 is 1.35 bits per heavy atom. The second-order valence-corrected chi connectivity index (χ2v) is 6.12. The summed E-state index contributed by atoms with van der Waals surface area (Å²) in [6.45, 7) is 11.1. The van der Waals surface area contributed by atoms with Crippen LogP contribution in [0.2, 0.25) is 0 Å². The van der Waals surface area contributed by atoms with E-state index in [0.29, 0.717) is 6.04 Å². The lowest BCUT2D eigenvalue weighted by atomic mass is 9.92. The first-order chi connectivity index (χ1) is 8.07. The van der Waals surface area contributed by atoms with Gasteiger partial charge < -0.3 is 10.1 Å². The molecule has 1 saturated heterocycles. The van der Waals surface area contributed by atoms with Crippen molar-refractivity contribution in [2.24, 2.45) is 5.92 Å². The van der Waals surface area contributed by atoms with Crippen molar-refractivity contribution in [1.82, 2.24) is 5.32 Å². The quantitative estimate of drug-likeness (QED) is 0.733. The number of hydrogen-bond acceptors (Lipinski definition) is 2. The van der Waals surface area contributed by atoms with Gasteiger partial charge in [-0.15, -0.1) is 0 Å². The van der Waals surface area contributed by atoms with Gasteiger partial charge in [0.25, 0.3) is 0 Å². The molecule has 1 N–H and O–H groups in total. The highest BCUT2D eigenvalue weighted by atomic mass is 16.5. The van der Waals surface area contributed by atoms with Crippen molar-refractivity contribution in [3.63, 3.8) is 0 Å². The normalized spacial score (nSPS) is 25.8. The average Bonchev–Trinajstić information content (AvgIpc) is 2.28. The molecule has 0 saturated carbocycles. The molecule has 1 aliphatic heterocycles. The van der Waals surface area contributed by atoms with E-state index in [1.807, 2.05) is 0 Å². The second kappa shape index (κ2) is 7.38. The lowest BCUT2D eigenvalue weighted by Crippen LogP contribution is -2.45. The Balaban J connectivity index is 2.23. The molecule has 0 bridgehead atoms. The zero-order valence-corrected chi connectivity index (χ0v) is 12.2. The van der Waals surface area contributed by atoms with Crippen LogP contribution in [0.4, 0.5) is 0 Å². The van der Waals surface area contributed by atoms with E-state index in [2.05, 4.69) is 33.0 Å². The fraction of sp³-hybridized carbons (Fsp3) is 1.00. The molecular weight excluding hydrogens is 210 g/mol. The highest BCUT2D eigenvalue weighted by Gasteiger charge is 2.28. The van der Waals surface area contributed by atoms with Crippen LogP contribution in [0.3, 0.4) is 0 Å². The Bertz CT molecular complexity index is 203. The van der Waals surface area contributed by atoms with Crippen molar-refractivity contribution in [2.75, 3.05) is 13.2 Å². The lowest BCUT2D eigenvalue weighted by molar-refractivity contribution is -0.0632. The van der Waals surface area contributed by atoms with Crippen LogP contribution in [0.1, 0.15) is 66.2 Å². The Hall–Kier alpha value is -0.0800. The number of nitrogens with one attached hydrogen (secondary N) is 1. The Morgan fingerprint density at radius 2 is 2.12 bits per heavy atom. The van der Waals surface area contributed by atoms with Gasteiger partial charge in [-0.3, -0.25) is 0 Å². The van der Waals surface area contributed by atoms with Gasteiger partial charge in [-0.25, -0.2) is 0 Å². The second-order valence-electron chi connectivity index (χ2n) is 6.12. The highest BCUT2D eigenvalue weighted by Crippen LogP contribution is 2.24. The molecule has 0 spiro atoms. The van der Waals surface area contributed by atoms with Crippen molar-refractivity contribution in [3.8, 4) is 0 Å². The maximum absolute atomic E-state index is 5.75. The molecule has 0 aromatic heterocycles. The number of unbranched alkanes of at least 4 members (excludes halogenated alkanes) is 1. The van der Waals surface area contributed by atoms with E-state index in [-0.39, 0.29) is 5.60 Å². The summed E-state index contributed by atoms with van der Waals surface area (Å²) in [5, 5.41) is 3.76. The van der Waals surface area contributed by atoms with Crippen LogP contribution < -0.4 is 5.32 Å². The summed E-state index contributed by atoms with van der Waals surface area (Å²) in [6.07, 6.45) is 7.71. The fourth-order valence-corrected chi connectivity index (χ4v) is 2.68. The SMILES string of the molecule is CCCCC(CC)CNC1CCOC(C)(C)C1. The van der Waals surface area contributed by atoms with Crippen LogP contribution in [0, 0.1) is 5.92 Å². The average molecular weight is 241 g/mol. The molecule has 0 aromatic carbocycles. The first-order valence-corrected chi connectivity index (χ1v) is 7.44. The van der Waals surface area contributed by atoms with E-state index < -0.39 is 0 Å². The highest BCUT2D eigenvalue weighted by molar-refractivity contribution is 4.83. The van der Waals surface area contributed by atoms with Gasteiger partial charge in [-0.05, 0) is 45.6 Å². The predicted molar refractivity (Wildman–Crippen MR) is 74.4 cm³/mol. The topological polar surface area (TPSA) is 21.3 Å². The van der Waals surface area contributed by atoms with Crippen molar-refractivity contribution >= 4 is 0 Å². The monoisotopic (exact) mass is 241 g/mol. The van der Waals surface area contributed by atoms with E-state index in [1.165, 1.54) is 38.6 Å². The maximum atomic E-state index is 5.75. The zero-order valence-electron chi connectivity index (χ0n) is 12.2. The molecule has 102 valence electrons. The van der Waals surface area contributed by atoms with Crippen LogP contribution in [-0.4, -0.2) is 24.8 Å². The Labute approximate surface area is 108 Å². The van der Waals surface area contributed by atoms with E-state index in [0.717, 1.165) is 18.9 Å². The molecule has 1 heterocycles. The first kappa shape index (κ1) is 15.0. The molecule has 1 aliphatic rings. The van der Waals surface area contributed by atoms with Gasteiger partial charge in [0.05, 0.1) is 5.60 Å². The van der Waals surface area contributed by atoms with Gasteiger partial charge in [-0.2, -0.15) is 0 Å². The standard InChI is InChI=1S/C15H31NO/c1-5-7-8-13(6-2)12-16-14-9-10-17-15(3,4)11-14/h13-14,16H,5-12H2,1-4H3. The van der Waals surface area contributed by atoms with E-state index in [9.17, 15) is 0 Å². The first-order valence-electron chi connectivity index (χ1n) is 7.44. The van der Waals surface area contributed by atoms with Crippen LogP contribution in [0.25, 0.3) is 0 Å². The summed E-state index contributed by atoms with van der Waals surface area (Å²) in [5.41, 5.74) is 0.0705. The molecule has 2 heteroatoms. The van der Waals surface area contributed by atoms with Crippen LogP contribution in [0.5, 0.6) is 0 Å². The van der Waals surface area contributed by atoms with Crippen LogP contribution in [0.15, 0.2) is 0 Å². The minimum Gasteiger partial charge on any atom is -0.375 e. The van der Waals surface area contributed by atoms with Crippen LogP contribution in [-0.2, 0) is 4.74 Å². The van der Waals surface area contributed by atoms with Gasteiger partial charge in [0.1, 0.15) is 0 Å². The number of hydrogen-bond donors (Lipinski definition) is 1. The number of rotatable bonds is 7. The van der Waals surface area contributed by atoms with Gasteiger partial charge in [0.15, 0.2) is 0 Å². The molecular formula is C15H31NO. The summed E-state index contributed by atoms with van der Waals surface area (Å²) in [5.74, 6) is 0.862. The van der Waals surface area contributed by atoms with Gasteiger partial charge in [0.2, 0.25) is 0 Å². The van der Waals surface area contributed by atoms with Crippen molar-refractivity contribution in [3.05, 3.63) is 0 Å². The molecule has 1 rings (SSSR count). The lowest BCUT2D eigenvalue weighted by Gasteiger charge is -2.36. The molecule has 1 fully saturated rings. The fourth-order valence-electron chi connectivity index (χ4n) is 2.68. The minimum atomic E-state index is 0.0705. The third-order valence-electron chi connectivity index (χ3n) is 3.94. The molecule has 0 radical (unpaired) electrons. The summed E-state index contributed by atoms with van der Waals surface area (Å²) in [7, 11) is 0. The molecule has 2 unspecified atom stereocenters. The molecule has 17 heavy (non-hydrogen) atoms. The minimum absolute atomic E-state index is 0.0705. The van der Waals surface area contributed by atoms with Gasteiger partial charge >= 0.3 is 0 Å². The van der Waals surface area contributed by atoms with E-state index >= 15 is 0 Å². The Kier molecular flexibility index (Phi) is 6.50. The summed E-state index contributed by atoms with van der Waals surface area (Å²) >= 11 is 0. The van der Waals surface area contributed by atoms with E-state index in [4.69, 9.17) is 4.74 Å². The summed E-state index contributed by atoms with van der Waals surface area (Å²) in [4.78, 5) is 0. The van der Waals surface area contributed by atoms with Crippen molar-refractivity contribution < 1.29 is 4.74 Å². The molecule has 0 aliphatic carbocycles. The van der Waals surface area contributed by atoms with Crippen LogP contribution >= 0.6 is 0 Å². The third kappa shape index (κ3) is 5.87. The molecule has 2 atom stereocenters. The van der Waals surface area contributed by atoms with Gasteiger partial charge in [0, 0.05) is 12.6 Å². The van der Waals surface area contributed by atoms with Crippen molar-refractivity contribution in [2.45, 2.75) is 77.9 Å². The molecule has 2 nitrogen and oxygen atoms in total. The smallest absolute Gasteiger partial charge is 0.0641 e. The largest absolute Gasteiger partial charge is 0.375 e. The molecule has 0 amide bonds. The zero-order chi connectivity index (χ0) is 12.7. The van der Waals surface area contributed by atoms with Gasteiger partial charge in [-0.1, -0.05) is 33.1 Å². The summed E-state index contributed by atoms with van der Waals surface area (Å²) < 4.78 is 5.75. The third-order valence-corrected chi connectivity index (χ3v) is 3.94. The molecule has 0 aromatic rings. The Morgan fingerprint density at radius 3 is 2.71 bits per heavy atom. The van der Waals surface area contributed by atoms with Crippen molar-refractivity contribution in [1.29, 1.82) is 0 Å². The number of ether oxygens (including phenoxy) is 1. The maximum Gasteiger partial charge on any atom is 0.0641 e.